The first kappa shape index (κ1) is 17.1. The number of amides is 2. The number of nitrogens with zero attached hydrogens (tertiary/aromatic N) is 1. The van der Waals surface area contributed by atoms with E-state index < -0.39 is 41.3 Å². The lowest BCUT2D eigenvalue weighted by molar-refractivity contribution is -0.118. The smallest absolute Gasteiger partial charge is 0.325 e. The minimum absolute atomic E-state index is 0.394. The largest absolute Gasteiger partial charge is 0.394 e. The number of aliphatic hydroxyl groups is 1. The first-order valence-corrected chi connectivity index (χ1v) is 7.45. The second-order valence-electron chi connectivity index (χ2n) is 5.36. The van der Waals surface area contributed by atoms with E-state index in [0.717, 1.165) is 11.6 Å². The molecule has 1 aromatic carbocycles. The van der Waals surface area contributed by atoms with Crippen molar-refractivity contribution >= 4 is 28.4 Å². The molecule has 0 unspecified atom stereocenters. The minimum Gasteiger partial charge on any atom is -0.394 e. The number of hydrogen-bond acceptors (Lipinski definition) is 6. The Kier molecular flexibility index (Phi) is 4.62. The van der Waals surface area contributed by atoms with Gasteiger partial charge in [0, 0.05) is 17.3 Å². The number of rotatable bonds is 5. The Bertz CT molecular complexity index is 1080. The molecule has 134 valence electrons. The van der Waals surface area contributed by atoms with E-state index >= 15 is 0 Å². The monoisotopic (exact) mass is 358 g/mol. The zero-order chi connectivity index (χ0) is 18.7. The highest BCUT2D eigenvalue weighted by atomic mass is 16.3. The SMILES string of the molecule is O=C(N[C@@H](CO)C(=O)Nc1ccc2cn[nH]c2c1)c1c[nH]c(=O)[nH]c1=O. The highest BCUT2D eigenvalue weighted by molar-refractivity contribution is 6.01. The van der Waals surface area contributed by atoms with Crippen molar-refractivity contribution in [1.29, 1.82) is 0 Å². The summed E-state index contributed by atoms with van der Waals surface area (Å²) >= 11 is 0. The van der Waals surface area contributed by atoms with Crippen molar-refractivity contribution in [3.8, 4) is 0 Å². The van der Waals surface area contributed by atoms with E-state index in [0.29, 0.717) is 11.2 Å². The van der Waals surface area contributed by atoms with Crippen LogP contribution in [-0.2, 0) is 4.79 Å². The van der Waals surface area contributed by atoms with Crippen LogP contribution in [0.25, 0.3) is 10.9 Å². The second-order valence-corrected chi connectivity index (χ2v) is 5.36. The molecule has 0 saturated carbocycles. The zero-order valence-corrected chi connectivity index (χ0v) is 13.2. The second kappa shape index (κ2) is 7.03. The van der Waals surface area contributed by atoms with Crippen molar-refractivity contribution in [2.45, 2.75) is 6.04 Å². The average molecular weight is 358 g/mol. The molecule has 0 radical (unpaired) electrons. The summed E-state index contributed by atoms with van der Waals surface area (Å²) < 4.78 is 0. The van der Waals surface area contributed by atoms with Gasteiger partial charge in [0.2, 0.25) is 5.91 Å². The van der Waals surface area contributed by atoms with Crippen LogP contribution in [0.2, 0.25) is 0 Å². The first-order valence-electron chi connectivity index (χ1n) is 7.45. The predicted molar refractivity (Wildman–Crippen MR) is 90.7 cm³/mol. The summed E-state index contributed by atoms with van der Waals surface area (Å²) in [7, 11) is 0. The van der Waals surface area contributed by atoms with Crippen LogP contribution in [0.4, 0.5) is 5.69 Å². The number of carbonyl (C=O) groups excluding carboxylic acids is 2. The van der Waals surface area contributed by atoms with Crippen molar-refractivity contribution in [2.24, 2.45) is 0 Å². The lowest BCUT2D eigenvalue weighted by Crippen LogP contribution is -2.47. The third kappa shape index (κ3) is 3.52. The van der Waals surface area contributed by atoms with Gasteiger partial charge in [-0.2, -0.15) is 5.10 Å². The maximum Gasteiger partial charge on any atom is 0.325 e. The number of fused-ring (bicyclic) bond motifs is 1. The number of nitrogens with one attached hydrogen (secondary N) is 5. The van der Waals surface area contributed by atoms with Crippen LogP contribution in [0.1, 0.15) is 10.4 Å². The molecule has 0 bridgehead atoms. The molecule has 3 rings (SSSR count). The summed E-state index contributed by atoms with van der Waals surface area (Å²) in [4.78, 5) is 51.0. The molecule has 3 aromatic rings. The summed E-state index contributed by atoms with van der Waals surface area (Å²) in [5.41, 5.74) is -0.937. The predicted octanol–water partition coefficient (Wildman–Crippen LogP) is -1.33. The number of aromatic nitrogens is 4. The van der Waals surface area contributed by atoms with E-state index in [1.54, 1.807) is 24.4 Å². The Morgan fingerprint density at radius 1 is 1.27 bits per heavy atom. The fourth-order valence-electron chi connectivity index (χ4n) is 2.25. The van der Waals surface area contributed by atoms with Crippen molar-refractivity contribution in [3.05, 3.63) is 57.0 Å². The number of carbonyl (C=O) groups is 2. The molecule has 0 aliphatic carbocycles. The van der Waals surface area contributed by atoms with Gasteiger partial charge in [0.25, 0.3) is 11.5 Å². The average Bonchev–Trinajstić information content (AvgIpc) is 3.07. The molecule has 2 aromatic heterocycles. The van der Waals surface area contributed by atoms with Gasteiger partial charge in [-0.25, -0.2) is 4.79 Å². The summed E-state index contributed by atoms with van der Waals surface area (Å²) in [6.45, 7) is -0.689. The maximum atomic E-state index is 12.3. The van der Waals surface area contributed by atoms with Crippen molar-refractivity contribution < 1.29 is 14.7 Å². The topological polar surface area (TPSA) is 173 Å². The molecule has 0 spiro atoms. The zero-order valence-electron chi connectivity index (χ0n) is 13.2. The molecule has 6 N–H and O–H groups in total. The molecule has 26 heavy (non-hydrogen) atoms. The first-order chi connectivity index (χ1) is 12.5. The maximum absolute atomic E-state index is 12.3. The standard InChI is InChI=1S/C15H14N6O5/c22-6-11(19-12(23)9-5-16-15(26)20-13(9)24)14(25)18-8-2-1-7-4-17-21-10(7)3-8/h1-5,11,22H,6H2,(H,17,21)(H,18,25)(H,19,23)(H2,16,20,24,26)/t11-/m0/s1. The van der Waals surface area contributed by atoms with Crippen LogP contribution < -0.4 is 21.9 Å². The van der Waals surface area contributed by atoms with Gasteiger partial charge in [-0.15, -0.1) is 0 Å². The summed E-state index contributed by atoms with van der Waals surface area (Å²) in [6.07, 6.45) is 2.55. The van der Waals surface area contributed by atoms with E-state index in [9.17, 15) is 24.3 Å². The Morgan fingerprint density at radius 2 is 2.08 bits per heavy atom. The van der Waals surface area contributed by atoms with Crippen LogP contribution in [0.5, 0.6) is 0 Å². The highest BCUT2D eigenvalue weighted by Gasteiger charge is 2.22. The van der Waals surface area contributed by atoms with Crippen LogP contribution in [0.15, 0.2) is 40.2 Å². The fraction of sp³-hybridized carbons (Fsp3) is 0.133. The molecule has 0 saturated heterocycles. The van der Waals surface area contributed by atoms with Crippen LogP contribution in [0, 0.1) is 0 Å². The van der Waals surface area contributed by atoms with Crippen molar-refractivity contribution in [3.63, 3.8) is 0 Å². The number of hydrogen-bond donors (Lipinski definition) is 6. The van der Waals surface area contributed by atoms with E-state index in [4.69, 9.17) is 0 Å². The number of H-pyrrole nitrogens is 3. The number of benzene rings is 1. The molecule has 0 fully saturated rings. The van der Waals surface area contributed by atoms with Gasteiger partial charge in [0.1, 0.15) is 11.6 Å². The van der Waals surface area contributed by atoms with Crippen LogP contribution in [-0.4, -0.2) is 49.7 Å². The summed E-state index contributed by atoms with van der Waals surface area (Å²) in [5, 5.41) is 21.6. The lowest BCUT2D eigenvalue weighted by atomic mass is 10.2. The molecule has 1 atom stereocenters. The van der Waals surface area contributed by atoms with E-state index in [1.165, 1.54) is 0 Å². The Labute approximate surface area is 144 Å². The quantitative estimate of drug-likeness (QED) is 0.329. The molecule has 11 heteroatoms. The van der Waals surface area contributed by atoms with E-state index in [2.05, 4.69) is 25.8 Å². The van der Waals surface area contributed by atoms with E-state index in [1.807, 2.05) is 4.98 Å². The normalized spacial score (nSPS) is 11.9. The van der Waals surface area contributed by atoms with Gasteiger partial charge in [-0.3, -0.25) is 24.5 Å². The van der Waals surface area contributed by atoms with Gasteiger partial charge in [-0.05, 0) is 18.2 Å². The number of anilines is 1. The van der Waals surface area contributed by atoms with Crippen molar-refractivity contribution in [2.75, 3.05) is 11.9 Å². The molecule has 2 amide bonds. The Balaban J connectivity index is 1.72. The molecular weight excluding hydrogens is 344 g/mol. The van der Waals surface area contributed by atoms with Gasteiger partial charge in [-0.1, -0.05) is 0 Å². The number of aromatic amines is 3. The fourth-order valence-corrected chi connectivity index (χ4v) is 2.25. The molecule has 11 nitrogen and oxygen atoms in total. The van der Waals surface area contributed by atoms with Gasteiger partial charge in [0.15, 0.2) is 0 Å². The Morgan fingerprint density at radius 3 is 2.81 bits per heavy atom. The van der Waals surface area contributed by atoms with Crippen molar-refractivity contribution in [1.82, 2.24) is 25.5 Å². The summed E-state index contributed by atoms with van der Waals surface area (Å²) in [6, 6.07) is 3.72. The Hall–Kier alpha value is -3.73. The summed E-state index contributed by atoms with van der Waals surface area (Å²) in [5.74, 6) is -1.60. The minimum atomic E-state index is -1.30. The third-order valence-electron chi connectivity index (χ3n) is 3.58. The molecule has 0 aliphatic heterocycles. The lowest BCUT2D eigenvalue weighted by Gasteiger charge is -2.16. The number of aliphatic hydroxyl groups excluding tert-OH is 1. The van der Waals surface area contributed by atoms with Crippen LogP contribution in [0.3, 0.4) is 0 Å². The highest BCUT2D eigenvalue weighted by Crippen LogP contribution is 2.16. The van der Waals surface area contributed by atoms with Gasteiger partial charge in [0.05, 0.1) is 18.3 Å². The molecular formula is C15H14N6O5. The molecule has 2 heterocycles. The van der Waals surface area contributed by atoms with E-state index in [-0.39, 0.29) is 0 Å². The molecule has 0 aliphatic rings. The van der Waals surface area contributed by atoms with Gasteiger partial charge < -0.3 is 20.7 Å². The van der Waals surface area contributed by atoms with Crippen LogP contribution >= 0.6 is 0 Å². The third-order valence-corrected chi connectivity index (χ3v) is 3.58. The van der Waals surface area contributed by atoms with Gasteiger partial charge >= 0.3 is 5.69 Å².